The van der Waals surface area contributed by atoms with Crippen LogP contribution < -0.4 is 16.0 Å². The number of hydrogen-bond acceptors (Lipinski definition) is 6. The molecule has 2 aromatic rings. The molecule has 1 spiro atoms. The normalized spacial score (nSPS) is 29.8. The van der Waals surface area contributed by atoms with E-state index < -0.39 is 37.5 Å². The minimum atomic E-state index is -3.20. The third kappa shape index (κ3) is 6.00. The summed E-state index contributed by atoms with van der Waals surface area (Å²) in [6.07, 6.45) is 2.28. The average Bonchev–Trinajstić information content (AvgIpc) is 3.38. The minimum absolute atomic E-state index is 0.0956. The van der Waals surface area contributed by atoms with Crippen LogP contribution in [0.4, 0.5) is 10.1 Å². The Morgan fingerprint density at radius 2 is 1.90 bits per heavy atom. The van der Waals surface area contributed by atoms with Crippen molar-refractivity contribution in [1.29, 1.82) is 0 Å². The maximum Gasteiger partial charge on any atom is 0.344 e. The minimum Gasteiger partial charge on any atom is -0.352 e. The van der Waals surface area contributed by atoms with E-state index in [-0.39, 0.29) is 40.0 Å². The average molecular weight is 642 g/mol. The van der Waals surface area contributed by atoms with Crippen molar-refractivity contribution in [2.24, 2.45) is 5.41 Å². The van der Waals surface area contributed by atoms with Gasteiger partial charge in [-0.15, -0.1) is 0 Å². The van der Waals surface area contributed by atoms with Crippen LogP contribution in [0.1, 0.15) is 69.9 Å². The molecule has 4 N–H and O–H groups in total. The second kappa shape index (κ2) is 12.2. The summed E-state index contributed by atoms with van der Waals surface area (Å²) < 4.78 is 31.1. The van der Waals surface area contributed by atoms with E-state index in [9.17, 15) is 14.2 Å². The van der Waals surface area contributed by atoms with Crippen LogP contribution in [0.5, 0.6) is 0 Å². The van der Waals surface area contributed by atoms with Gasteiger partial charge in [-0.05, 0) is 66.8 Å². The summed E-state index contributed by atoms with van der Waals surface area (Å²) in [7, 11) is -3.20. The van der Waals surface area contributed by atoms with Crippen LogP contribution in [-0.2, 0) is 29.1 Å². The van der Waals surface area contributed by atoms with Gasteiger partial charge in [-0.1, -0.05) is 62.2 Å². The molecule has 1 unspecified atom stereocenters. The molecular weight excluding hydrogens is 607 g/mol. The number of amides is 2. The second-order valence-corrected chi connectivity index (χ2v) is 14.1. The Labute approximate surface area is 254 Å². The Bertz CT molecular complexity index is 1400. The Balaban J connectivity index is 1.54. The Kier molecular flexibility index (Phi) is 9.08. The zero-order chi connectivity index (χ0) is 30.4. The van der Waals surface area contributed by atoms with Gasteiger partial charge in [0.15, 0.2) is 0 Å². The molecule has 2 amide bonds. The zero-order valence-corrected chi connectivity index (χ0v) is 26.0. The SMILES string of the molecule is CC(C)(C)C[C@H]1N[C@@H](C(=O)N[C@H]2CC[C@H](OO[PH](=O)O)CC2)[C@H](c2cccc(Cl)c2F)[C@@]12C(=O)Nc1cc(Cl)ccc12. The van der Waals surface area contributed by atoms with Gasteiger partial charge < -0.3 is 20.8 Å². The number of nitrogens with one attached hydrogen (secondary N) is 3. The lowest BCUT2D eigenvalue weighted by Gasteiger charge is -2.38. The molecular formula is C29H35Cl2FN3O6P. The molecule has 1 saturated carbocycles. The molecule has 2 heterocycles. The second-order valence-electron chi connectivity index (χ2n) is 12.5. The number of benzene rings is 2. The van der Waals surface area contributed by atoms with Gasteiger partial charge in [0.25, 0.3) is 0 Å². The number of hydrogen-bond donors (Lipinski definition) is 4. The highest BCUT2D eigenvalue weighted by atomic mass is 35.5. The Hall–Kier alpha value is -2.04. The number of carbonyl (C=O) groups is 2. The van der Waals surface area contributed by atoms with Crippen LogP contribution in [0.3, 0.4) is 0 Å². The highest BCUT2D eigenvalue weighted by Gasteiger charge is 2.66. The summed E-state index contributed by atoms with van der Waals surface area (Å²) in [5.74, 6) is -2.29. The van der Waals surface area contributed by atoms with E-state index in [4.69, 9.17) is 33.0 Å². The van der Waals surface area contributed by atoms with E-state index in [1.54, 1.807) is 30.3 Å². The highest BCUT2D eigenvalue weighted by Crippen LogP contribution is 2.57. The van der Waals surface area contributed by atoms with Crippen molar-refractivity contribution in [2.75, 3.05) is 5.32 Å². The summed E-state index contributed by atoms with van der Waals surface area (Å²) in [6, 6.07) is 8.12. The number of fused-ring (bicyclic) bond motifs is 2. The standard InChI is InChI=1S/C29H35Cl2FN3O6P/c1-28(2,3)14-22-29(19-12-7-15(30)13-21(19)34-27(29)37)23(18-5-4-6-20(31)24(18)32)25(35-22)26(36)33-16-8-10-17(11-9-16)40-41-42(38)39/h4-7,12-13,16-17,22-23,25,35,42H,8-11,14H2,1-3H3,(H,33,36)(H,34,37)(H,38,39)/t16-,17-,22-,23+,25-,29+/m1/s1. The van der Waals surface area contributed by atoms with Crippen molar-refractivity contribution in [3.63, 3.8) is 0 Å². The molecule has 1 aliphatic carbocycles. The first kappa shape index (κ1) is 31.4. The third-order valence-electron chi connectivity index (χ3n) is 8.50. The number of carbonyl (C=O) groups excluding carboxylic acids is 2. The molecule has 228 valence electrons. The fourth-order valence-corrected chi connectivity index (χ4v) is 7.43. The van der Waals surface area contributed by atoms with E-state index >= 15 is 4.39 Å². The van der Waals surface area contributed by atoms with E-state index in [2.05, 4.69) is 41.4 Å². The molecule has 2 fully saturated rings. The molecule has 9 nitrogen and oxygen atoms in total. The molecule has 0 radical (unpaired) electrons. The largest absolute Gasteiger partial charge is 0.352 e. The predicted molar refractivity (Wildman–Crippen MR) is 158 cm³/mol. The van der Waals surface area contributed by atoms with Gasteiger partial charge in [0, 0.05) is 28.7 Å². The van der Waals surface area contributed by atoms with Gasteiger partial charge >= 0.3 is 8.25 Å². The third-order valence-corrected chi connectivity index (χ3v) is 9.26. The number of rotatable bonds is 7. The first-order chi connectivity index (χ1) is 19.8. The van der Waals surface area contributed by atoms with Crippen molar-refractivity contribution in [3.05, 3.63) is 63.4 Å². The summed E-state index contributed by atoms with van der Waals surface area (Å²) in [4.78, 5) is 42.2. The van der Waals surface area contributed by atoms with E-state index in [0.29, 0.717) is 48.4 Å². The molecule has 0 aromatic heterocycles. The number of halogens is 3. The molecule has 2 aliphatic heterocycles. The molecule has 13 heteroatoms. The lowest BCUT2D eigenvalue weighted by Crippen LogP contribution is -2.50. The van der Waals surface area contributed by atoms with Gasteiger partial charge in [0.05, 0.1) is 17.2 Å². The molecule has 3 aliphatic rings. The van der Waals surface area contributed by atoms with Gasteiger partial charge in [-0.2, -0.15) is 4.67 Å². The molecule has 5 atom stereocenters. The fourth-order valence-electron chi connectivity index (χ4n) is 6.86. The summed E-state index contributed by atoms with van der Waals surface area (Å²) in [5, 5.41) is 9.90. The van der Waals surface area contributed by atoms with Crippen LogP contribution in [-0.4, -0.2) is 40.9 Å². The lowest BCUT2D eigenvalue weighted by atomic mass is 9.62. The van der Waals surface area contributed by atoms with Crippen LogP contribution in [0.15, 0.2) is 36.4 Å². The zero-order valence-electron chi connectivity index (χ0n) is 23.5. The predicted octanol–water partition coefficient (Wildman–Crippen LogP) is 5.64. The first-order valence-electron chi connectivity index (χ1n) is 14.0. The lowest BCUT2D eigenvalue weighted by molar-refractivity contribution is -0.252. The summed E-state index contributed by atoms with van der Waals surface area (Å²) in [6.45, 7) is 6.16. The highest BCUT2D eigenvalue weighted by molar-refractivity contribution is 7.31. The van der Waals surface area contributed by atoms with Gasteiger partial charge in [-0.3, -0.25) is 14.2 Å². The quantitative estimate of drug-likeness (QED) is 0.175. The van der Waals surface area contributed by atoms with Crippen molar-refractivity contribution < 1.29 is 33.0 Å². The molecule has 2 aromatic carbocycles. The maximum atomic E-state index is 15.9. The van der Waals surface area contributed by atoms with Crippen molar-refractivity contribution in [3.8, 4) is 0 Å². The van der Waals surface area contributed by atoms with Crippen molar-refractivity contribution >= 4 is 49.0 Å². The molecule has 5 rings (SSSR count). The van der Waals surface area contributed by atoms with Crippen molar-refractivity contribution in [1.82, 2.24) is 10.6 Å². The van der Waals surface area contributed by atoms with E-state index in [1.807, 2.05) is 0 Å². The molecule has 42 heavy (non-hydrogen) atoms. The van der Waals surface area contributed by atoms with E-state index in [1.165, 1.54) is 6.07 Å². The first-order valence-corrected chi connectivity index (χ1v) is 16.0. The molecule has 0 bridgehead atoms. The van der Waals surface area contributed by atoms with Crippen molar-refractivity contribution in [2.45, 2.75) is 88.4 Å². The topological polar surface area (TPSA) is 126 Å². The van der Waals surface area contributed by atoms with Crippen LogP contribution in [0.2, 0.25) is 10.0 Å². The van der Waals surface area contributed by atoms with Crippen LogP contribution in [0.25, 0.3) is 0 Å². The fraction of sp³-hybridized carbons (Fsp3) is 0.517. The van der Waals surface area contributed by atoms with Crippen LogP contribution in [0, 0.1) is 11.2 Å². The maximum absolute atomic E-state index is 15.9. The van der Waals surface area contributed by atoms with Gasteiger partial charge in [0.2, 0.25) is 11.8 Å². The van der Waals surface area contributed by atoms with Crippen LogP contribution >= 0.6 is 31.5 Å². The Morgan fingerprint density at radius 3 is 2.57 bits per heavy atom. The van der Waals surface area contributed by atoms with Gasteiger partial charge in [0.1, 0.15) is 11.2 Å². The number of anilines is 1. The molecule has 1 saturated heterocycles. The van der Waals surface area contributed by atoms with Gasteiger partial charge in [-0.25, -0.2) is 9.28 Å². The summed E-state index contributed by atoms with van der Waals surface area (Å²) in [5.41, 5.74) is -0.209. The van der Waals surface area contributed by atoms with E-state index in [0.717, 1.165) is 0 Å². The Morgan fingerprint density at radius 1 is 1.19 bits per heavy atom. The smallest absolute Gasteiger partial charge is 0.344 e. The summed E-state index contributed by atoms with van der Waals surface area (Å²) >= 11 is 12.5. The monoisotopic (exact) mass is 641 g/mol.